The molecule has 1 fully saturated rings. The highest BCUT2D eigenvalue weighted by Gasteiger charge is 2.45. The molecule has 13 nitrogen and oxygen atoms in total. The number of rotatable bonds is 10. The minimum absolute atomic E-state index is 0.318. The zero-order valence-electron chi connectivity index (χ0n) is 19.0. The maximum absolute atomic E-state index is 13.5. The minimum Gasteiger partial charge on any atom is -0.478 e. The first-order valence-corrected chi connectivity index (χ1v) is 15.9. The summed E-state index contributed by atoms with van der Waals surface area (Å²) >= 11 is 11.9. The third-order valence-corrected chi connectivity index (χ3v) is 11.6. The van der Waals surface area contributed by atoms with E-state index in [-0.39, 0.29) is 10.6 Å². The molecule has 1 heterocycles. The van der Waals surface area contributed by atoms with E-state index in [9.17, 15) is 45.1 Å². The van der Waals surface area contributed by atoms with Gasteiger partial charge in [-0.1, -0.05) is 23.2 Å². The van der Waals surface area contributed by atoms with E-state index in [0.717, 1.165) is 36.4 Å². The van der Waals surface area contributed by atoms with Crippen molar-refractivity contribution < 1.29 is 50.2 Å². The van der Waals surface area contributed by atoms with Gasteiger partial charge in [-0.2, -0.15) is 4.31 Å². The van der Waals surface area contributed by atoms with E-state index in [0.29, 0.717) is 4.31 Å². The maximum Gasteiger partial charge on any atom is 0.335 e. The number of aliphatic hydroxyl groups is 1. The van der Waals surface area contributed by atoms with Crippen LogP contribution in [-0.4, -0.2) is 93.6 Å². The summed E-state index contributed by atoms with van der Waals surface area (Å²) < 4.78 is 79.5. The molecule has 3 rings (SSSR count). The lowest BCUT2D eigenvalue weighted by molar-refractivity contribution is 0.0685. The molecule has 208 valence electrons. The first-order chi connectivity index (χ1) is 17.5. The predicted octanol–water partition coefficient (Wildman–Crippen LogP) is 0.517. The molecule has 0 unspecified atom stereocenters. The topological polar surface area (TPSA) is 213 Å². The number of carboxylic acid groups (broad SMARTS) is 2. The number of halogens is 2. The Bertz CT molecular complexity index is 1610. The predicted molar refractivity (Wildman–Crippen MR) is 134 cm³/mol. The molecule has 0 saturated carbocycles. The summed E-state index contributed by atoms with van der Waals surface area (Å²) in [4.78, 5) is 21.3. The van der Waals surface area contributed by atoms with Crippen LogP contribution < -0.4 is 4.72 Å². The summed E-state index contributed by atoms with van der Waals surface area (Å²) in [5.74, 6) is -4.44. The number of sulfonamides is 2. The van der Waals surface area contributed by atoms with Gasteiger partial charge in [0.15, 0.2) is 9.84 Å². The van der Waals surface area contributed by atoms with Crippen LogP contribution in [0.15, 0.2) is 46.2 Å². The zero-order chi connectivity index (χ0) is 28.6. The molecule has 2 atom stereocenters. The van der Waals surface area contributed by atoms with Crippen molar-refractivity contribution in [3.05, 3.63) is 57.6 Å². The van der Waals surface area contributed by atoms with Crippen LogP contribution in [0.25, 0.3) is 0 Å². The summed E-state index contributed by atoms with van der Waals surface area (Å²) in [5, 5.41) is 28.0. The van der Waals surface area contributed by atoms with Gasteiger partial charge < -0.3 is 15.3 Å². The number of carbonyl (C=O) groups is 2. The average molecular weight is 631 g/mol. The Morgan fingerprint density at radius 1 is 0.921 bits per heavy atom. The van der Waals surface area contributed by atoms with Gasteiger partial charge in [0.25, 0.3) is 0 Å². The summed E-state index contributed by atoms with van der Waals surface area (Å²) in [6.45, 7) is -1.39. The van der Waals surface area contributed by atoms with Crippen LogP contribution in [0, 0.1) is 0 Å². The van der Waals surface area contributed by atoms with Crippen molar-refractivity contribution >= 4 is 65.0 Å². The van der Waals surface area contributed by atoms with Crippen molar-refractivity contribution in [1.29, 1.82) is 0 Å². The summed E-state index contributed by atoms with van der Waals surface area (Å²) in [5.41, 5.74) is -0.826. The molecule has 18 heteroatoms. The molecular formula is C20H20Cl2N2O11S3. The van der Waals surface area contributed by atoms with Crippen molar-refractivity contribution in [1.82, 2.24) is 9.03 Å². The van der Waals surface area contributed by atoms with Gasteiger partial charge in [-0.25, -0.2) is 39.6 Å². The van der Waals surface area contributed by atoms with Gasteiger partial charge in [-0.05, 0) is 36.4 Å². The lowest BCUT2D eigenvalue weighted by atomic mass is 10.2. The zero-order valence-corrected chi connectivity index (χ0v) is 22.9. The third-order valence-electron chi connectivity index (χ3n) is 5.52. The molecular weight excluding hydrogens is 611 g/mol. The van der Waals surface area contributed by atoms with Crippen LogP contribution in [0.5, 0.6) is 0 Å². The number of aromatic carboxylic acids is 2. The summed E-state index contributed by atoms with van der Waals surface area (Å²) in [6.07, 6.45) is -1.67. The van der Waals surface area contributed by atoms with Crippen molar-refractivity contribution in [3.63, 3.8) is 0 Å². The third kappa shape index (κ3) is 6.45. The lowest BCUT2D eigenvalue weighted by Gasteiger charge is -2.29. The van der Waals surface area contributed by atoms with Gasteiger partial charge in [-0.15, -0.1) is 0 Å². The second kappa shape index (κ2) is 11.1. The molecule has 0 amide bonds. The van der Waals surface area contributed by atoms with Gasteiger partial charge >= 0.3 is 11.9 Å². The minimum atomic E-state index is -4.79. The Balaban J connectivity index is 1.98. The monoisotopic (exact) mass is 630 g/mol. The summed E-state index contributed by atoms with van der Waals surface area (Å²) in [7, 11) is -13.2. The Hall–Kier alpha value is -2.31. The highest BCUT2D eigenvalue weighted by atomic mass is 35.5. The Labute approximate surface area is 227 Å². The van der Waals surface area contributed by atoms with Gasteiger partial charge in [-0.3, -0.25) is 0 Å². The molecule has 4 N–H and O–H groups in total. The normalized spacial score (nSPS) is 19.5. The highest BCUT2D eigenvalue weighted by Crippen LogP contribution is 2.30. The number of aliphatic hydroxyl groups excluding tert-OH is 1. The Morgan fingerprint density at radius 3 is 1.89 bits per heavy atom. The van der Waals surface area contributed by atoms with Crippen molar-refractivity contribution in [2.45, 2.75) is 21.9 Å². The fourth-order valence-corrected chi connectivity index (χ4v) is 9.32. The van der Waals surface area contributed by atoms with E-state index in [1.54, 1.807) is 0 Å². The van der Waals surface area contributed by atoms with Crippen molar-refractivity contribution in [3.8, 4) is 0 Å². The standard InChI is InChI=1S/C20H20Cl2N2O11S3/c21-13-3-1-11(19(26)27)7-17(13)37(32,33)23-5-6-24(15-9-36(30,31)10-16(15)25)38(34,35)18-8-12(20(28)29)2-4-14(18)22/h1-4,7-8,15-16,23,25H,5-6,9-10H2,(H,26,27)(H,28,29)/t15-,16-/m0/s1. The molecule has 0 spiro atoms. The SMILES string of the molecule is O=C(O)c1ccc(Cl)c(S(=O)(=O)NCCN([C@H]2CS(=O)(=O)C[C@@H]2O)S(=O)(=O)c2cc(C(=O)O)ccc2Cl)c1. The van der Waals surface area contributed by atoms with Crippen LogP contribution in [0.1, 0.15) is 20.7 Å². The van der Waals surface area contributed by atoms with Gasteiger partial charge in [0.1, 0.15) is 9.79 Å². The molecule has 0 bridgehead atoms. The second-order valence-electron chi connectivity index (χ2n) is 8.13. The van der Waals surface area contributed by atoms with Gasteiger partial charge in [0.2, 0.25) is 20.0 Å². The number of hydrogen-bond acceptors (Lipinski definition) is 9. The molecule has 38 heavy (non-hydrogen) atoms. The average Bonchev–Trinajstić information content (AvgIpc) is 3.07. The number of hydrogen-bond donors (Lipinski definition) is 4. The molecule has 2 aromatic rings. The molecule has 1 saturated heterocycles. The lowest BCUT2D eigenvalue weighted by Crippen LogP contribution is -2.49. The van der Waals surface area contributed by atoms with Crippen molar-refractivity contribution in [2.75, 3.05) is 24.6 Å². The summed E-state index contributed by atoms with van der Waals surface area (Å²) in [6, 6.07) is 4.20. The van der Waals surface area contributed by atoms with Crippen LogP contribution in [0.2, 0.25) is 10.0 Å². The first-order valence-electron chi connectivity index (χ1n) is 10.4. The van der Waals surface area contributed by atoms with Crippen molar-refractivity contribution in [2.24, 2.45) is 0 Å². The van der Waals surface area contributed by atoms with Crippen LogP contribution in [0.4, 0.5) is 0 Å². The molecule has 2 aromatic carbocycles. The van der Waals surface area contributed by atoms with E-state index in [2.05, 4.69) is 4.72 Å². The number of carboxylic acids is 2. The number of benzene rings is 2. The molecule has 0 aromatic heterocycles. The fourth-order valence-electron chi connectivity index (χ4n) is 3.72. The van der Waals surface area contributed by atoms with Crippen LogP contribution in [-0.2, 0) is 29.9 Å². The first kappa shape index (κ1) is 30.2. The molecule has 0 aliphatic carbocycles. The molecule has 0 radical (unpaired) electrons. The van der Waals surface area contributed by atoms with E-state index in [1.807, 2.05) is 0 Å². The number of nitrogens with zero attached hydrogens (tertiary/aromatic N) is 1. The Kier molecular flexibility index (Phi) is 8.79. The van der Waals surface area contributed by atoms with E-state index in [4.69, 9.17) is 28.3 Å². The van der Waals surface area contributed by atoms with Crippen LogP contribution >= 0.6 is 23.2 Å². The van der Waals surface area contributed by atoms with E-state index in [1.165, 1.54) is 0 Å². The largest absolute Gasteiger partial charge is 0.478 e. The second-order valence-corrected chi connectivity index (χ2v) is 14.7. The van der Waals surface area contributed by atoms with E-state index >= 15 is 0 Å². The molecule has 1 aliphatic rings. The van der Waals surface area contributed by atoms with Crippen LogP contribution in [0.3, 0.4) is 0 Å². The smallest absolute Gasteiger partial charge is 0.335 e. The van der Waals surface area contributed by atoms with E-state index < -0.39 is 98.9 Å². The van der Waals surface area contributed by atoms with Gasteiger partial charge in [0, 0.05) is 13.1 Å². The molecule has 1 aliphatic heterocycles. The maximum atomic E-state index is 13.5. The Morgan fingerprint density at radius 2 is 1.42 bits per heavy atom. The highest BCUT2D eigenvalue weighted by molar-refractivity contribution is 7.92. The van der Waals surface area contributed by atoms with Gasteiger partial charge in [0.05, 0.1) is 44.8 Å². The number of sulfone groups is 1. The quantitative estimate of drug-likeness (QED) is 0.284. The number of nitrogens with one attached hydrogen (secondary N) is 1. The fraction of sp³-hybridized carbons (Fsp3) is 0.300.